The van der Waals surface area contributed by atoms with Gasteiger partial charge in [-0.05, 0) is 25.8 Å². The van der Waals surface area contributed by atoms with E-state index in [1.807, 2.05) is 0 Å². The van der Waals surface area contributed by atoms with Crippen LogP contribution < -0.4 is 5.73 Å². The van der Waals surface area contributed by atoms with Crippen molar-refractivity contribution < 1.29 is 8.78 Å². The Balaban J connectivity index is 2.37. The normalized spacial score (nSPS) is 23.8. The number of nitrogens with two attached hydrogens (primary N) is 1. The van der Waals surface area contributed by atoms with Crippen molar-refractivity contribution in [3.8, 4) is 0 Å². The summed E-state index contributed by atoms with van der Waals surface area (Å²) in [5, 5.41) is 0. The average Bonchev–Trinajstić information content (AvgIpc) is 2.09. The molecule has 1 saturated heterocycles. The molecular weight excluding hydrogens is 174 g/mol. The molecule has 13 heavy (non-hydrogen) atoms. The van der Waals surface area contributed by atoms with E-state index in [0.717, 1.165) is 13.0 Å². The third kappa shape index (κ3) is 2.61. The zero-order chi connectivity index (χ0) is 9.90. The molecule has 4 heteroatoms. The van der Waals surface area contributed by atoms with Crippen LogP contribution in [0.2, 0.25) is 0 Å². The van der Waals surface area contributed by atoms with Gasteiger partial charge in [0.1, 0.15) is 0 Å². The van der Waals surface area contributed by atoms with E-state index in [1.54, 1.807) is 0 Å². The summed E-state index contributed by atoms with van der Waals surface area (Å²) in [7, 11) is 0. The van der Waals surface area contributed by atoms with Crippen LogP contribution in [0.25, 0.3) is 0 Å². The molecule has 0 unspecified atom stereocenters. The van der Waals surface area contributed by atoms with Crippen molar-refractivity contribution in [2.45, 2.75) is 38.2 Å². The number of halogens is 2. The Hall–Kier alpha value is -0.220. The maximum absolute atomic E-state index is 12.5. The lowest BCUT2D eigenvalue weighted by molar-refractivity contribution is 0.0121. The van der Waals surface area contributed by atoms with E-state index < -0.39 is 12.0 Å². The van der Waals surface area contributed by atoms with Crippen LogP contribution in [0.5, 0.6) is 0 Å². The summed E-state index contributed by atoms with van der Waals surface area (Å²) in [4.78, 5) is 2.20. The van der Waals surface area contributed by atoms with Crippen LogP contribution in [0.4, 0.5) is 8.78 Å². The predicted octanol–water partition coefficient (Wildman–Crippen LogP) is 1.45. The van der Waals surface area contributed by atoms with Gasteiger partial charge in [0.2, 0.25) is 0 Å². The number of hydrogen-bond donors (Lipinski definition) is 1. The lowest BCUT2D eigenvalue weighted by atomic mass is 9.89. The van der Waals surface area contributed by atoms with Crippen LogP contribution in [0.1, 0.15) is 26.2 Å². The van der Waals surface area contributed by atoms with E-state index in [1.165, 1.54) is 0 Å². The molecule has 0 aliphatic carbocycles. The van der Waals surface area contributed by atoms with Crippen LogP contribution in [0, 0.1) is 0 Å². The van der Waals surface area contributed by atoms with Gasteiger partial charge in [0.15, 0.2) is 0 Å². The molecule has 2 N–H and O–H groups in total. The molecule has 0 atom stereocenters. The Morgan fingerprint density at radius 3 is 2.31 bits per heavy atom. The molecule has 1 aliphatic heterocycles. The minimum atomic E-state index is -2.38. The SMILES string of the molecule is CCCN1CCC(N)(C(F)F)CC1. The minimum Gasteiger partial charge on any atom is -0.320 e. The van der Waals surface area contributed by atoms with Crippen molar-refractivity contribution in [1.82, 2.24) is 4.90 Å². The smallest absolute Gasteiger partial charge is 0.256 e. The molecule has 1 aliphatic rings. The first-order valence-electron chi connectivity index (χ1n) is 4.88. The van der Waals surface area contributed by atoms with Gasteiger partial charge in [-0.15, -0.1) is 0 Å². The highest BCUT2D eigenvalue weighted by atomic mass is 19.3. The van der Waals surface area contributed by atoms with E-state index in [2.05, 4.69) is 11.8 Å². The molecule has 0 aromatic carbocycles. The quantitative estimate of drug-likeness (QED) is 0.733. The number of rotatable bonds is 3. The van der Waals surface area contributed by atoms with Crippen LogP contribution in [0.15, 0.2) is 0 Å². The molecule has 0 aromatic heterocycles. The maximum Gasteiger partial charge on any atom is 0.256 e. The summed E-state index contributed by atoms with van der Waals surface area (Å²) in [6, 6.07) is 0. The van der Waals surface area contributed by atoms with Gasteiger partial charge in [-0.1, -0.05) is 6.92 Å². The Kier molecular flexibility index (Phi) is 3.62. The Morgan fingerprint density at radius 1 is 1.38 bits per heavy atom. The second-order valence-electron chi connectivity index (χ2n) is 3.88. The topological polar surface area (TPSA) is 29.3 Å². The number of nitrogens with zero attached hydrogens (tertiary/aromatic N) is 1. The highest BCUT2D eigenvalue weighted by Crippen LogP contribution is 2.25. The van der Waals surface area contributed by atoms with Gasteiger partial charge in [-0.3, -0.25) is 0 Å². The fourth-order valence-corrected chi connectivity index (χ4v) is 1.73. The predicted molar refractivity (Wildman–Crippen MR) is 48.9 cm³/mol. The summed E-state index contributed by atoms with van der Waals surface area (Å²) in [5.41, 5.74) is 4.37. The van der Waals surface area contributed by atoms with Gasteiger partial charge in [0.25, 0.3) is 6.43 Å². The Bertz CT molecular complexity index is 154. The molecule has 0 radical (unpaired) electrons. The van der Waals surface area contributed by atoms with Gasteiger partial charge in [0.05, 0.1) is 5.54 Å². The van der Waals surface area contributed by atoms with E-state index in [9.17, 15) is 8.78 Å². The lowest BCUT2D eigenvalue weighted by Crippen LogP contribution is -2.55. The first-order chi connectivity index (χ1) is 6.08. The number of hydrogen-bond acceptors (Lipinski definition) is 2. The third-order valence-electron chi connectivity index (χ3n) is 2.76. The van der Waals surface area contributed by atoms with Crippen LogP contribution >= 0.6 is 0 Å². The van der Waals surface area contributed by atoms with E-state index in [4.69, 9.17) is 5.73 Å². The molecule has 1 heterocycles. The molecule has 78 valence electrons. The molecule has 0 amide bonds. The van der Waals surface area contributed by atoms with E-state index in [-0.39, 0.29) is 0 Å². The van der Waals surface area contributed by atoms with Crippen molar-refractivity contribution in [1.29, 1.82) is 0 Å². The number of alkyl halides is 2. The minimum absolute atomic E-state index is 0.421. The van der Waals surface area contributed by atoms with Crippen molar-refractivity contribution >= 4 is 0 Å². The summed E-state index contributed by atoms with van der Waals surface area (Å²) < 4.78 is 24.9. The number of piperidine rings is 1. The van der Waals surface area contributed by atoms with Crippen LogP contribution in [-0.2, 0) is 0 Å². The van der Waals surface area contributed by atoms with Crippen LogP contribution in [0.3, 0.4) is 0 Å². The van der Waals surface area contributed by atoms with Gasteiger partial charge >= 0.3 is 0 Å². The van der Waals surface area contributed by atoms with Gasteiger partial charge in [-0.2, -0.15) is 0 Å². The number of likely N-dealkylation sites (tertiary alicyclic amines) is 1. The summed E-state index contributed by atoms with van der Waals surface area (Å²) in [5.74, 6) is 0. The first kappa shape index (κ1) is 10.9. The molecule has 2 nitrogen and oxygen atoms in total. The molecule has 0 aromatic rings. The second-order valence-corrected chi connectivity index (χ2v) is 3.88. The molecule has 1 rings (SSSR count). The average molecular weight is 192 g/mol. The Morgan fingerprint density at radius 2 is 1.92 bits per heavy atom. The molecule has 0 spiro atoms. The molecular formula is C9H18F2N2. The zero-order valence-electron chi connectivity index (χ0n) is 8.10. The highest BCUT2D eigenvalue weighted by molar-refractivity contribution is 4.92. The van der Waals surface area contributed by atoms with Crippen molar-refractivity contribution in [3.63, 3.8) is 0 Å². The Labute approximate surface area is 78.1 Å². The van der Waals surface area contributed by atoms with Crippen LogP contribution in [-0.4, -0.2) is 36.5 Å². The third-order valence-corrected chi connectivity index (χ3v) is 2.76. The monoisotopic (exact) mass is 192 g/mol. The van der Waals surface area contributed by atoms with Crippen molar-refractivity contribution in [2.75, 3.05) is 19.6 Å². The van der Waals surface area contributed by atoms with Gasteiger partial charge in [0, 0.05) is 13.1 Å². The van der Waals surface area contributed by atoms with Crippen molar-refractivity contribution in [3.05, 3.63) is 0 Å². The standard InChI is InChI=1S/C9H18F2N2/c1-2-5-13-6-3-9(12,4-7-13)8(10)11/h8H,2-7,12H2,1H3. The van der Waals surface area contributed by atoms with Gasteiger partial charge < -0.3 is 10.6 Å². The lowest BCUT2D eigenvalue weighted by Gasteiger charge is -2.38. The summed E-state index contributed by atoms with van der Waals surface area (Å²) in [6.45, 7) is 4.53. The fourth-order valence-electron chi connectivity index (χ4n) is 1.73. The van der Waals surface area contributed by atoms with Gasteiger partial charge in [-0.25, -0.2) is 8.78 Å². The summed E-state index contributed by atoms with van der Waals surface area (Å²) >= 11 is 0. The van der Waals surface area contributed by atoms with E-state index in [0.29, 0.717) is 25.9 Å². The summed E-state index contributed by atoms with van der Waals surface area (Å²) in [6.07, 6.45) is -0.460. The zero-order valence-corrected chi connectivity index (χ0v) is 8.10. The largest absolute Gasteiger partial charge is 0.320 e. The molecule has 0 saturated carbocycles. The molecule has 0 bridgehead atoms. The molecule has 1 fully saturated rings. The first-order valence-corrected chi connectivity index (χ1v) is 4.88. The highest BCUT2D eigenvalue weighted by Gasteiger charge is 2.38. The van der Waals surface area contributed by atoms with Crippen molar-refractivity contribution in [2.24, 2.45) is 5.73 Å². The fraction of sp³-hybridized carbons (Fsp3) is 1.00. The maximum atomic E-state index is 12.5. The second kappa shape index (κ2) is 4.33. The van der Waals surface area contributed by atoms with E-state index >= 15 is 0 Å².